The SMILES string of the molecule is O=C(O)C1CCCCC1C(=O)NCc1cc2c(s1)CCC2. The van der Waals surface area contributed by atoms with Gasteiger partial charge in [-0.05, 0) is 43.7 Å². The summed E-state index contributed by atoms with van der Waals surface area (Å²) in [5.41, 5.74) is 1.44. The maximum Gasteiger partial charge on any atom is 0.307 e. The molecule has 2 unspecified atom stereocenters. The average Bonchev–Trinajstić information content (AvgIpc) is 3.05. The van der Waals surface area contributed by atoms with Crippen molar-refractivity contribution < 1.29 is 14.7 Å². The molecule has 0 radical (unpaired) electrons. The number of hydrogen-bond donors (Lipinski definition) is 2. The summed E-state index contributed by atoms with van der Waals surface area (Å²) in [7, 11) is 0. The Morgan fingerprint density at radius 3 is 2.67 bits per heavy atom. The molecular formula is C16H21NO3S. The summed E-state index contributed by atoms with van der Waals surface area (Å²) in [5, 5.41) is 12.2. The second-order valence-corrected chi connectivity index (χ2v) is 7.29. The van der Waals surface area contributed by atoms with Crippen LogP contribution in [0.5, 0.6) is 0 Å². The molecule has 2 atom stereocenters. The van der Waals surface area contributed by atoms with Crippen molar-refractivity contribution in [1.82, 2.24) is 5.32 Å². The second-order valence-electron chi connectivity index (χ2n) is 6.07. The molecule has 5 heteroatoms. The molecule has 1 aromatic heterocycles. The van der Waals surface area contributed by atoms with Crippen LogP contribution in [0.1, 0.15) is 47.4 Å². The van der Waals surface area contributed by atoms with E-state index in [9.17, 15) is 14.7 Å². The van der Waals surface area contributed by atoms with Gasteiger partial charge >= 0.3 is 5.97 Å². The Bertz CT molecular complexity index is 530. The van der Waals surface area contributed by atoms with Gasteiger partial charge in [0.1, 0.15) is 0 Å². The normalized spacial score (nSPS) is 24.6. The predicted octanol–water partition coefficient (Wildman–Crippen LogP) is 2.74. The van der Waals surface area contributed by atoms with Crippen LogP contribution < -0.4 is 5.32 Å². The first-order chi connectivity index (χ1) is 10.1. The minimum Gasteiger partial charge on any atom is -0.481 e. The fourth-order valence-corrected chi connectivity index (χ4v) is 4.72. The second kappa shape index (κ2) is 6.18. The summed E-state index contributed by atoms with van der Waals surface area (Å²) in [6.45, 7) is 0.541. The Morgan fingerprint density at radius 1 is 1.19 bits per heavy atom. The third kappa shape index (κ3) is 3.12. The van der Waals surface area contributed by atoms with Gasteiger partial charge in [0.15, 0.2) is 0 Å². The highest BCUT2D eigenvalue weighted by molar-refractivity contribution is 7.12. The molecule has 1 aromatic rings. The fraction of sp³-hybridized carbons (Fsp3) is 0.625. The van der Waals surface area contributed by atoms with Gasteiger partial charge in [0.2, 0.25) is 5.91 Å². The Kier molecular flexibility index (Phi) is 4.29. The van der Waals surface area contributed by atoms with Crippen molar-refractivity contribution in [1.29, 1.82) is 0 Å². The van der Waals surface area contributed by atoms with Crippen LogP contribution in [0, 0.1) is 11.8 Å². The molecular weight excluding hydrogens is 286 g/mol. The van der Waals surface area contributed by atoms with Crippen LogP contribution >= 0.6 is 11.3 Å². The molecule has 0 saturated heterocycles. The van der Waals surface area contributed by atoms with Crippen molar-refractivity contribution in [2.75, 3.05) is 0 Å². The molecule has 2 aliphatic carbocycles. The molecule has 3 rings (SSSR count). The highest BCUT2D eigenvalue weighted by Gasteiger charge is 2.35. The van der Waals surface area contributed by atoms with Crippen LogP contribution in [0.25, 0.3) is 0 Å². The number of hydrogen-bond acceptors (Lipinski definition) is 3. The molecule has 0 bridgehead atoms. The van der Waals surface area contributed by atoms with Crippen LogP contribution in [0.15, 0.2) is 6.07 Å². The number of nitrogens with one attached hydrogen (secondary N) is 1. The van der Waals surface area contributed by atoms with E-state index in [1.54, 1.807) is 11.3 Å². The molecule has 1 amide bonds. The number of carboxylic acid groups (broad SMARTS) is 1. The summed E-state index contributed by atoms with van der Waals surface area (Å²) >= 11 is 1.79. The molecule has 2 N–H and O–H groups in total. The summed E-state index contributed by atoms with van der Waals surface area (Å²) in [6.07, 6.45) is 6.76. The van der Waals surface area contributed by atoms with E-state index in [-0.39, 0.29) is 11.8 Å². The molecule has 21 heavy (non-hydrogen) atoms. The number of carbonyl (C=O) groups is 2. The molecule has 0 spiro atoms. The first kappa shape index (κ1) is 14.6. The quantitative estimate of drug-likeness (QED) is 0.899. The lowest BCUT2D eigenvalue weighted by Crippen LogP contribution is -2.39. The van der Waals surface area contributed by atoms with Gasteiger partial charge in [-0.3, -0.25) is 9.59 Å². The van der Waals surface area contributed by atoms with Crippen molar-refractivity contribution in [2.45, 2.75) is 51.5 Å². The maximum absolute atomic E-state index is 12.3. The topological polar surface area (TPSA) is 66.4 Å². The predicted molar refractivity (Wildman–Crippen MR) is 81.3 cm³/mol. The Labute approximate surface area is 128 Å². The van der Waals surface area contributed by atoms with E-state index < -0.39 is 11.9 Å². The Balaban J connectivity index is 1.58. The van der Waals surface area contributed by atoms with E-state index >= 15 is 0 Å². The zero-order valence-electron chi connectivity index (χ0n) is 12.1. The smallest absolute Gasteiger partial charge is 0.307 e. The summed E-state index contributed by atoms with van der Waals surface area (Å²) in [4.78, 5) is 26.2. The van der Waals surface area contributed by atoms with Crippen LogP contribution in [0.3, 0.4) is 0 Å². The highest BCUT2D eigenvalue weighted by Crippen LogP contribution is 2.32. The lowest BCUT2D eigenvalue weighted by molar-refractivity contribution is -0.148. The number of rotatable bonds is 4. The molecule has 114 valence electrons. The van der Waals surface area contributed by atoms with Gasteiger partial charge in [-0.1, -0.05) is 12.8 Å². The molecule has 4 nitrogen and oxygen atoms in total. The summed E-state index contributed by atoms with van der Waals surface area (Å²) < 4.78 is 0. The van der Waals surface area contributed by atoms with Crippen molar-refractivity contribution in [3.63, 3.8) is 0 Å². The van der Waals surface area contributed by atoms with Crippen molar-refractivity contribution in [3.05, 3.63) is 21.4 Å². The Morgan fingerprint density at radius 2 is 1.95 bits per heavy atom. The van der Waals surface area contributed by atoms with E-state index in [0.717, 1.165) is 25.7 Å². The molecule has 0 aliphatic heterocycles. The van der Waals surface area contributed by atoms with Gasteiger partial charge in [0, 0.05) is 9.75 Å². The number of fused-ring (bicyclic) bond motifs is 1. The standard InChI is InChI=1S/C16H21NO3S/c18-15(12-5-1-2-6-13(12)16(19)20)17-9-11-8-10-4-3-7-14(10)21-11/h8,12-13H,1-7,9H2,(H,17,18)(H,19,20). The summed E-state index contributed by atoms with van der Waals surface area (Å²) in [5.74, 6) is -1.78. The third-order valence-corrected chi connectivity index (χ3v) is 5.89. The molecule has 1 saturated carbocycles. The zero-order chi connectivity index (χ0) is 14.8. The molecule has 1 heterocycles. The van der Waals surface area contributed by atoms with Crippen molar-refractivity contribution in [3.8, 4) is 0 Å². The first-order valence-corrected chi connectivity index (χ1v) is 8.58. The van der Waals surface area contributed by atoms with Gasteiger partial charge in [-0.2, -0.15) is 0 Å². The molecule has 0 aromatic carbocycles. The monoisotopic (exact) mass is 307 g/mol. The lowest BCUT2D eigenvalue weighted by Gasteiger charge is -2.27. The van der Waals surface area contributed by atoms with Crippen LogP contribution in [0.4, 0.5) is 0 Å². The highest BCUT2D eigenvalue weighted by atomic mass is 32.1. The first-order valence-electron chi connectivity index (χ1n) is 7.76. The van der Waals surface area contributed by atoms with E-state index in [1.165, 1.54) is 21.7 Å². The number of aliphatic carboxylic acids is 1. The number of amides is 1. The third-order valence-electron chi connectivity index (χ3n) is 4.65. The number of carbonyl (C=O) groups excluding carboxylic acids is 1. The molecule has 1 fully saturated rings. The van der Waals surface area contributed by atoms with Gasteiger partial charge in [0.05, 0.1) is 18.4 Å². The fourth-order valence-electron chi connectivity index (χ4n) is 3.52. The minimum absolute atomic E-state index is 0.0874. The summed E-state index contributed by atoms with van der Waals surface area (Å²) in [6, 6.07) is 2.20. The number of thiophene rings is 1. The Hall–Kier alpha value is -1.36. The van der Waals surface area contributed by atoms with Gasteiger partial charge in [0.25, 0.3) is 0 Å². The number of carboxylic acids is 1. The van der Waals surface area contributed by atoms with E-state index in [4.69, 9.17) is 0 Å². The average molecular weight is 307 g/mol. The van der Waals surface area contributed by atoms with Crippen LogP contribution in [0.2, 0.25) is 0 Å². The lowest BCUT2D eigenvalue weighted by atomic mass is 9.79. The maximum atomic E-state index is 12.3. The van der Waals surface area contributed by atoms with Gasteiger partial charge in [-0.15, -0.1) is 11.3 Å². The molecule has 2 aliphatic rings. The van der Waals surface area contributed by atoms with Crippen molar-refractivity contribution in [2.24, 2.45) is 11.8 Å². The van der Waals surface area contributed by atoms with Crippen molar-refractivity contribution >= 4 is 23.2 Å². The van der Waals surface area contributed by atoms with E-state index in [0.29, 0.717) is 19.4 Å². The van der Waals surface area contributed by atoms with E-state index in [1.807, 2.05) is 0 Å². The van der Waals surface area contributed by atoms with Gasteiger partial charge in [-0.25, -0.2) is 0 Å². The van der Waals surface area contributed by atoms with Crippen LogP contribution in [-0.4, -0.2) is 17.0 Å². The zero-order valence-corrected chi connectivity index (χ0v) is 12.9. The van der Waals surface area contributed by atoms with E-state index in [2.05, 4.69) is 11.4 Å². The minimum atomic E-state index is -0.829. The van der Waals surface area contributed by atoms with Crippen LogP contribution in [-0.2, 0) is 29.0 Å². The van der Waals surface area contributed by atoms with Gasteiger partial charge < -0.3 is 10.4 Å². The largest absolute Gasteiger partial charge is 0.481 e. The number of aryl methyl sites for hydroxylation is 2.